The van der Waals surface area contributed by atoms with Gasteiger partial charge >= 0.3 is 0 Å². The first-order valence-corrected chi connectivity index (χ1v) is 3.27. The second-order valence-corrected chi connectivity index (χ2v) is 3.25. The maximum absolute atomic E-state index is 4.85. The van der Waals surface area contributed by atoms with Gasteiger partial charge in [0.15, 0.2) is 0 Å². The van der Waals surface area contributed by atoms with Gasteiger partial charge in [-0.2, -0.15) is 0 Å². The van der Waals surface area contributed by atoms with Gasteiger partial charge in [0.05, 0.1) is 6.20 Å². The predicted molar refractivity (Wildman–Crippen MR) is 39.9 cm³/mol. The third-order valence-corrected chi connectivity index (χ3v) is 0.936. The summed E-state index contributed by atoms with van der Waals surface area (Å²) in [6.45, 7) is 6.20. The summed E-state index contributed by atoms with van der Waals surface area (Å²) in [4.78, 5) is 0. The fraction of sp³-hybridized carbons (Fsp3) is 0.571. The number of rotatable bonds is 1. The summed E-state index contributed by atoms with van der Waals surface area (Å²) < 4.78 is 4.85. The molecule has 0 saturated carbocycles. The first-order valence-electron chi connectivity index (χ1n) is 3.27. The summed E-state index contributed by atoms with van der Waals surface area (Å²) in [7, 11) is 0. The van der Waals surface area contributed by atoms with Crippen molar-refractivity contribution in [3.8, 4) is 0 Å². The Labute approximate surface area is 60.4 Å². The Hall–Kier alpha value is -0.990. The lowest BCUT2D eigenvalue weighted by molar-refractivity contribution is 0.421. The minimum atomic E-state index is 0.0412. The molecular formula is C7H12N2O. The summed E-state index contributed by atoms with van der Waals surface area (Å²) in [6, 6.07) is 1.80. The Morgan fingerprint density at radius 2 is 2.20 bits per heavy atom. The van der Waals surface area contributed by atoms with Crippen LogP contribution in [0.25, 0.3) is 0 Å². The molecular weight excluding hydrogens is 128 g/mol. The highest BCUT2D eigenvalue weighted by atomic mass is 16.5. The van der Waals surface area contributed by atoms with Gasteiger partial charge in [-0.15, -0.1) is 0 Å². The van der Waals surface area contributed by atoms with E-state index >= 15 is 0 Å². The zero-order valence-corrected chi connectivity index (χ0v) is 6.51. The van der Waals surface area contributed by atoms with E-state index < -0.39 is 0 Å². The molecule has 1 aromatic rings. The number of anilines is 1. The van der Waals surface area contributed by atoms with E-state index in [0.29, 0.717) is 5.88 Å². The second kappa shape index (κ2) is 2.33. The number of hydrogen-bond acceptors (Lipinski definition) is 3. The first kappa shape index (κ1) is 7.12. The Kier molecular flexibility index (Phi) is 1.66. The van der Waals surface area contributed by atoms with Crippen molar-refractivity contribution in [1.82, 2.24) is 5.16 Å². The molecule has 1 heterocycles. The molecule has 0 aliphatic carbocycles. The van der Waals surface area contributed by atoms with Crippen molar-refractivity contribution in [3.63, 3.8) is 0 Å². The third kappa shape index (κ3) is 2.09. The van der Waals surface area contributed by atoms with Crippen molar-refractivity contribution in [2.24, 2.45) is 0 Å². The fourth-order valence-electron chi connectivity index (χ4n) is 0.650. The van der Waals surface area contributed by atoms with Gasteiger partial charge in [-0.3, -0.25) is 0 Å². The molecule has 56 valence electrons. The van der Waals surface area contributed by atoms with Crippen LogP contribution in [0.15, 0.2) is 16.8 Å². The summed E-state index contributed by atoms with van der Waals surface area (Å²) in [5.74, 6) is 0.715. The lowest BCUT2D eigenvalue weighted by Gasteiger charge is -2.18. The molecule has 1 N–H and O–H groups in total. The number of aromatic nitrogens is 1. The monoisotopic (exact) mass is 140 g/mol. The van der Waals surface area contributed by atoms with Gasteiger partial charge in [0.25, 0.3) is 0 Å². The molecule has 0 unspecified atom stereocenters. The van der Waals surface area contributed by atoms with Crippen molar-refractivity contribution in [2.45, 2.75) is 26.3 Å². The summed E-state index contributed by atoms with van der Waals surface area (Å²) >= 11 is 0. The van der Waals surface area contributed by atoms with Crippen LogP contribution in [0.2, 0.25) is 0 Å². The van der Waals surface area contributed by atoms with E-state index in [2.05, 4.69) is 31.2 Å². The molecule has 0 bridgehead atoms. The van der Waals surface area contributed by atoms with Crippen LogP contribution < -0.4 is 5.32 Å². The zero-order chi connectivity index (χ0) is 7.61. The van der Waals surface area contributed by atoms with Crippen LogP contribution in [0.4, 0.5) is 5.88 Å². The van der Waals surface area contributed by atoms with Gasteiger partial charge < -0.3 is 9.84 Å². The van der Waals surface area contributed by atoms with Crippen molar-refractivity contribution < 1.29 is 4.52 Å². The van der Waals surface area contributed by atoms with Crippen LogP contribution in [0.5, 0.6) is 0 Å². The summed E-state index contributed by atoms with van der Waals surface area (Å²) in [6.07, 6.45) is 1.62. The molecule has 0 aromatic carbocycles. The van der Waals surface area contributed by atoms with E-state index in [1.807, 2.05) is 0 Å². The zero-order valence-electron chi connectivity index (χ0n) is 6.51. The van der Waals surface area contributed by atoms with Gasteiger partial charge in [-0.1, -0.05) is 5.16 Å². The van der Waals surface area contributed by atoms with Crippen LogP contribution in [-0.4, -0.2) is 10.7 Å². The highest BCUT2D eigenvalue weighted by Gasteiger charge is 2.10. The molecule has 0 amide bonds. The molecule has 0 aliphatic heterocycles. The molecule has 3 heteroatoms. The van der Waals surface area contributed by atoms with Crippen LogP contribution >= 0.6 is 0 Å². The van der Waals surface area contributed by atoms with Crippen LogP contribution in [0.3, 0.4) is 0 Å². The minimum absolute atomic E-state index is 0.0412. The van der Waals surface area contributed by atoms with Crippen LogP contribution in [0, 0.1) is 0 Å². The topological polar surface area (TPSA) is 38.1 Å². The molecule has 10 heavy (non-hydrogen) atoms. The van der Waals surface area contributed by atoms with Gasteiger partial charge in [0.1, 0.15) is 0 Å². The van der Waals surface area contributed by atoms with Crippen LogP contribution in [-0.2, 0) is 0 Å². The number of nitrogens with one attached hydrogen (secondary N) is 1. The molecule has 0 radical (unpaired) electrons. The van der Waals surface area contributed by atoms with Crippen molar-refractivity contribution in [3.05, 3.63) is 12.3 Å². The van der Waals surface area contributed by atoms with Crippen molar-refractivity contribution in [1.29, 1.82) is 0 Å². The molecule has 0 saturated heterocycles. The van der Waals surface area contributed by atoms with E-state index in [0.717, 1.165) is 0 Å². The number of nitrogens with zero attached hydrogens (tertiary/aromatic N) is 1. The largest absolute Gasteiger partial charge is 0.349 e. The fourth-order valence-corrected chi connectivity index (χ4v) is 0.650. The van der Waals surface area contributed by atoms with E-state index in [1.54, 1.807) is 12.3 Å². The molecule has 0 aliphatic rings. The maximum atomic E-state index is 4.85. The normalized spacial score (nSPS) is 11.5. The Bertz CT molecular complexity index is 186. The van der Waals surface area contributed by atoms with Gasteiger partial charge in [-0.05, 0) is 20.8 Å². The number of hydrogen-bond donors (Lipinski definition) is 1. The Morgan fingerprint density at radius 1 is 1.50 bits per heavy atom. The molecule has 1 aromatic heterocycles. The van der Waals surface area contributed by atoms with E-state index in [9.17, 15) is 0 Å². The highest BCUT2D eigenvalue weighted by Crippen LogP contribution is 2.12. The smallest absolute Gasteiger partial charge is 0.224 e. The predicted octanol–water partition coefficient (Wildman–Crippen LogP) is 1.88. The van der Waals surface area contributed by atoms with E-state index in [1.165, 1.54) is 0 Å². The maximum Gasteiger partial charge on any atom is 0.224 e. The molecule has 3 nitrogen and oxygen atoms in total. The standard InChI is InChI=1S/C7H12N2O/c1-7(2,3)9-6-4-5-8-10-6/h4-5,9H,1-3H3. The Balaban J connectivity index is 2.57. The average Bonchev–Trinajstić information content (AvgIpc) is 2.12. The first-order chi connectivity index (χ1) is 4.58. The lowest BCUT2D eigenvalue weighted by atomic mass is 10.1. The molecule has 0 fully saturated rings. The second-order valence-electron chi connectivity index (χ2n) is 3.25. The van der Waals surface area contributed by atoms with Crippen LogP contribution in [0.1, 0.15) is 20.8 Å². The summed E-state index contributed by atoms with van der Waals surface area (Å²) in [5, 5.41) is 6.70. The van der Waals surface area contributed by atoms with Gasteiger partial charge in [0.2, 0.25) is 5.88 Å². The Morgan fingerprint density at radius 3 is 2.60 bits per heavy atom. The van der Waals surface area contributed by atoms with Gasteiger partial charge in [-0.25, -0.2) is 0 Å². The molecule has 0 spiro atoms. The SMILES string of the molecule is CC(C)(C)Nc1ccno1. The molecule has 1 rings (SSSR count). The van der Waals surface area contributed by atoms with E-state index in [-0.39, 0.29) is 5.54 Å². The minimum Gasteiger partial charge on any atom is -0.349 e. The quantitative estimate of drug-likeness (QED) is 0.647. The van der Waals surface area contributed by atoms with Gasteiger partial charge in [0, 0.05) is 11.6 Å². The highest BCUT2D eigenvalue weighted by molar-refractivity contribution is 5.30. The van der Waals surface area contributed by atoms with E-state index in [4.69, 9.17) is 4.52 Å². The third-order valence-electron chi connectivity index (χ3n) is 0.936. The summed E-state index contributed by atoms with van der Waals surface area (Å²) in [5.41, 5.74) is 0.0412. The molecule has 0 atom stereocenters. The lowest BCUT2D eigenvalue weighted by Crippen LogP contribution is -2.25. The average molecular weight is 140 g/mol. The van der Waals surface area contributed by atoms with Crippen molar-refractivity contribution >= 4 is 5.88 Å². The van der Waals surface area contributed by atoms with Crippen molar-refractivity contribution in [2.75, 3.05) is 5.32 Å².